The van der Waals surface area contributed by atoms with Gasteiger partial charge in [0.25, 0.3) is 0 Å². The van der Waals surface area contributed by atoms with Crippen molar-refractivity contribution in [1.29, 1.82) is 0 Å². The summed E-state index contributed by atoms with van der Waals surface area (Å²) in [7, 11) is 0. The molecule has 0 aliphatic carbocycles. The molecule has 0 aliphatic rings. The largest absolute Gasteiger partial charge is 0.327 e. The first kappa shape index (κ1) is 10.9. The molecule has 0 saturated heterocycles. The summed E-state index contributed by atoms with van der Waals surface area (Å²) in [6, 6.07) is 6.60. The van der Waals surface area contributed by atoms with Crippen LogP contribution in [0, 0.1) is 5.82 Å². The molecule has 1 aromatic rings. The van der Waals surface area contributed by atoms with Gasteiger partial charge in [-0.1, -0.05) is 17.7 Å². The van der Waals surface area contributed by atoms with E-state index in [-0.39, 0.29) is 11.9 Å². The molecule has 0 radical (unpaired) electrons. The molecule has 1 aromatic carbocycles. The summed E-state index contributed by atoms with van der Waals surface area (Å²) >= 11 is 0. The minimum Gasteiger partial charge on any atom is -0.327 e. The van der Waals surface area contributed by atoms with Crippen LogP contribution < -0.4 is 5.73 Å². The Labute approximate surface area is 84.4 Å². The number of hydrogen-bond acceptors (Lipinski definition) is 1. The molecule has 14 heavy (non-hydrogen) atoms. The van der Waals surface area contributed by atoms with E-state index in [0.29, 0.717) is 6.42 Å². The van der Waals surface area contributed by atoms with Crippen molar-refractivity contribution in [1.82, 2.24) is 0 Å². The Hall–Kier alpha value is -1.15. The van der Waals surface area contributed by atoms with E-state index < -0.39 is 0 Å². The Morgan fingerprint density at radius 2 is 2.29 bits per heavy atom. The highest BCUT2D eigenvalue weighted by Gasteiger charge is 2.04. The number of nitrogens with two attached hydrogens (primary N) is 1. The smallest absolute Gasteiger partial charge is 0.123 e. The number of hydrogen-bond donors (Lipinski definition) is 1. The Bertz CT molecular complexity index is 320. The maximum absolute atomic E-state index is 12.8. The van der Waals surface area contributed by atoms with E-state index in [2.05, 4.69) is 6.58 Å². The van der Waals surface area contributed by atoms with Crippen LogP contribution in [0.2, 0.25) is 0 Å². The first-order chi connectivity index (χ1) is 6.58. The molecule has 1 rings (SSSR count). The van der Waals surface area contributed by atoms with Crippen molar-refractivity contribution in [2.45, 2.75) is 25.8 Å². The topological polar surface area (TPSA) is 26.0 Å². The highest BCUT2D eigenvalue weighted by molar-refractivity contribution is 5.17. The van der Waals surface area contributed by atoms with Gasteiger partial charge < -0.3 is 5.73 Å². The molecule has 0 saturated carbocycles. The van der Waals surface area contributed by atoms with Crippen LogP contribution in [0.15, 0.2) is 36.4 Å². The second kappa shape index (κ2) is 4.91. The van der Waals surface area contributed by atoms with E-state index in [9.17, 15) is 4.39 Å². The average molecular weight is 193 g/mol. The van der Waals surface area contributed by atoms with Gasteiger partial charge in [-0.25, -0.2) is 4.39 Å². The van der Waals surface area contributed by atoms with Gasteiger partial charge in [-0.05, 0) is 37.5 Å². The fourth-order valence-corrected chi connectivity index (χ4v) is 1.49. The van der Waals surface area contributed by atoms with Gasteiger partial charge in [-0.3, -0.25) is 0 Å². The molecular formula is C12H16FN. The molecule has 76 valence electrons. The highest BCUT2D eigenvalue weighted by atomic mass is 19.1. The molecule has 2 heteroatoms. The molecular weight excluding hydrogens is 177 g/mol. The predicted octanol–water partition coefficient (Wildman–Crippen LogP) is 2.66. The van der Waals surface area contributed by atoms with Gasteiger partial charge in [0.1, 0.15) is 5.82 Å². The average Bonchev–Trinajstić information content (AvgIpc) is 2.01. The molecule has 0 fully saturated rings. The lowest BCUT2D eigenvalue weighted by atomic mass is 10.0. The van der Waals surface area contributed by atoms with Gasteiger partial charge >= 0.3 is 0 Å². The van der Waals surface area contributed by atoms with Crippen LogP contribution in [0.3, 0.4) is 0 Å². The summed E-state index contributed by atoms with van der Waals surface area (Å²) in [4.78, 5) is 0. The van der Waals surface area contributed by atoms with Crippen LogP contribution in [-0.4, -0.2) is 6.04 Å². The number of halogens is 1. The van der Waals surface area contributed by atoms with Crippen LogP contribution in [-0.2, 0) is 6.42 Å². The first-order valence-corrected chi connectivity index (χ1v) is 4.72. The molecule has 1 unspecified atom stereocenters. The minimum absolute atomic E-state index is 0.0364. The SMILES string of the molecule is C=C(C)CC(N)Cc1cccc(F)c1. The van der Waals surface area contributed by atoms with E-state index in [1.165, 1.54) is 12.1 Å². The summed E-state index contributed by atoms with van der Waals surface area (Å²) in [5.41, 5.74) is 7.88. The van der Waals surface area contributed by atoms with Gasteiger partial charge in [-0.15, -0.1) is 6.58 Å². The van der Waals surface area contributed by atoms with E-state index in [1.807, 2.05) is 13.0 Å². The van der Waals surface area contributed by atoms with Crippen molar-refractivity contribution in [3.63, 3.8) is 0 Å². The quantitative estimate of drug-likeness (QED) is 0.731. The fourth-order valence-electron chi connectivity index (χ4n) is 1.49. The normalized spacial score (nSPS) is 12.5. The Morgan fingerprint density at radius 1 is 1.57 bits per heavy atom. The zero-order valence-electron chi connectivity index (χ0n) is 8.46. The second-order valence-electron chi connectivity index (χ2n) is 3.76. The molecule has 0 bridgehead atoms. The van der Waals surface area contributed by atoms with Gasteiger partial charge in [-0.2, -0.15) is 0 Å². The molecule has 1 nitrogen and oxygen atoms in total. The number of rotatable bonds is 4. The summed E-state index contributed by atoms with van der Waals surface area (Å²) in [6.45, 7) is 5.75. The van der Waals surface area contributed by atoms with Crippen LogP contribution in [0.5, 0.6) is 0 Å². The summed E-state index contributed by atoms with van der Waals surface area (Å²) in [5, 5.41) is 0. The van der Waals surface area contributed by atoms with Crippen LogP contribution in [0.4, 0.5) is 4.39 Å². The molecule has 0 amide bonds. The van der Waals surface area contributed by atoms with Gasteiger partial charge in [0.2, 0.25) is 0 Å². The van der Waals surface area contributed by atoms with Crippen LogP contribution in [0.25, 0.3) is 0 Å². The van der Waals surface area contributed by atoms with Crippen molar-refractivity contribution in [3.8, 4) is 0 Å². The lowest BCUT2D eigenvalue weighted by Gasteiger charge is -2.11. The zero-order chi connectivity index (χ0) is 10.6. The third kappa shape index (κ3) is 3.71. The third-order valence-electron chi connectivity index (χ3n) is 2.00. The summed E-state index contributed by atoms with van der Waals surface area (Å²) < 4.78 is 12.8. The van der Waals surface area contributed by atoms with E-state index in [1.54, 1.807) is 6.07 Å². The Morgan fingerprint density at radius 3 is 2.86 bits per heavy atom. The molecule has 1 atom stereocenters. The lowest BCUT2D eigenvalue weighted by Crippen LogP contribution is -2.22. The minimum atomic E-state index is -0.204. The molecule has 2 N–H and O–H groups in total. The monoisotopic (exact) mass is 193 g/mol. The van der Waals surface area contributed by atoms with E-state index in [0.717, 1.165) is 17.6 Å². The molecule has 0 aliphatic heterocycles. The Balaban J connectivity index is 2.55. The van der Waals surface area contributed by atoms with Crippen molar-refractivity contribution in [2.24, 2.45) is 5.73 Å². The van der Waals surface area contributed by atoms with Crippen LogP contribution >= 0.6 is 0 Å². The van der Waals surface area contributed by atoms with E-state index in [4.69, 9.17) is 5.73 Å². The Kier molecular flexibility index (Phi) is 3.84. The van der Waals surface area contributed by atoms with Crippen molar-refractivity contribution >= 4 is 0 Å². The lowest BCUT2D eigenvalue weighted by molar-refractivity contribution is 0.617. The fraction of sp³-hybridized carbons (Fsp3) is 0.333. The van der Waals surface area contributed by atoms with E-state index >= 15 is 0 Å². The zero-order valence-corrected chi connectivity index (χ0v) is 8.46. The summed E-state index contributed by atoms with van der Waals surface area (Å²) in [6.07, 6.45) is 1.49. The van der Waals surface area contributed by atoms with Crippen LogP contribution in [0.1, 0.15) is 18.9 Å². The maximum atomic E-state index is 12.8. The van der Waals surface area contributed by atoms with Crippen molar-refractivity contribution in [2.75, 3.05) is 0 Å². The van der Waals surface area contributed by atoms with Crippen molar-refractivity contribution in [3.05, 3.63) is 47.8 Å². The standard InChI is InChI=1S/C12H16FN/c1-9(2)6-12(14)8-10-4-3-5-11(13)7-10/h3-5,7,12H,1,6,8,14H2,2H3. The predicted molar refractivity (Wildman–Crippen MR) is 57.5 cm³/mol. The molecule has 0 spiro atoms. The van der Waals surface area contributed by atoms with Crippen molar-refractivity contribution < 1.29 is 4.39 Å². The maximum Gasteiger partial charge on any atom is 0.123 e. The highest BCUT2D eigenvalue weighted by Crippen LogP contribution is 2.09. The molecule has 0 heterocycles. The van der Waals surface area contributed by atoms with Gasteiger partial charge in [0.15, 0.2) is 0 Å². The van der Waals surface area contributed by atoms with Gasteiger partial charge in [0, 0.05) is 6.04 Å². The second-order valence-corrected chi connectivity index (χ2v) is 3.76. The third-order valence-corrected chi connectivity index (χ3v) is 2.00. The number of benzene rings is 1. The summed E-state index contributed by atoms with van der Waals surface area (Å²) in [5.74, 6) is -0.204. The molecule has 0 aromatic heterocycles. The first-order valence-electron chi connectivity index (χ1n) is 4.72. The van der Waals surface area contributed by atoms with Gasteiger partial charge in [0.05, 0.1) is 0 Å².